The molecule has 1 amide bonds. The van der Waals surface area contributed by atoms with Gasteiger partial charge in [0, 0.05) is 6.04 Å². The van der Waals surface area contributed by atoms with Gasteiger partial charge in [-0.1, -0.05) is 44.9 Å². The molecular formula is C18H25NO4. The van der Waals surface area contributed by atoms with Crippen LogP contribution in [0.2, 0.25) is 0 Å². The highest BCUT2D eigenvalue weighted by molar-refractivity contribution is 5.81. The molecule has 126 valence electrons. The van der Waals surface area contributed by atoms with Crippen LogP contribution in [0.25, 0.3) is 0 Å². The average Bonchev–Trinajstić information content (AvgIpc) is 2.56. The number of benzene rings is 1. The number of carbonyl (C=O) groups is 2. The number of hydrogen-bond acceptors (Lipinski definition) is 4. The minimum absolute atomic E-state index is 0.172. The highest BCUT2D eigenvalue weighted by atomic mass is 16.6. The molecule has 23 heavy (non-hydrogen) atoms. The van der Waals surface area contributed by atoms with Crippen LogP contribution < -0.4 is 10.1 Å². The maximum absolute atomic E-state index is 11.9. The van der Waals surface area contributed by atoms with E-state index in [9.17, 15) is 9.59 Å². The number of nitrogens with one attached hydrogen (secondary N) is 1. The Hall–Kier alpha value is -2.04. The van der Waals surface area contributed by atoms with Gasteiger partial charge in [0.15, 0.2) is 13.2 Å². The SMILES string of the molecule is C[C@H]1[C@@H](C)CCC[C@H]1NC(=O)COC(=O)COc1ccccc1. The van der Waals surface area contributed by atoms with Crippen LogP contribution in [-0.4, -0.2) is 31.1 Å². The van der Waals surface area contributed by atoms with E-state index in [0.717, 1.165) is 12.8 Å². The molecular weight excluding hydrogens is 294 g/mol. The van der Waals surface area contributed by atoms with Gasteiger partial charge in [-0.05, 0) is 30.4 Å². The summed E-state index contributed by atoms with van der Waals surface area (Å²) in [6.07, 6.45) is 3.32. The second-order valence-corrected chi connectivity index (χ2v) is 6.20. The lowest BCUT2D eigenvalue weighted by molar-refractivity contribution is -0.150. The highest BCUT2D eigenvalue weighted by Crippen LogP contribution is 2.29. The Kier molecular flexibility index (Phi) is 6.44. The van der Waals surface area contributed by atoms with Crippen LogP contribution in [-0.2, 0) is 14.3 Å². The molecule has 5 heteroatoms. The van der Waals surface area contributed by atoms with Crippen LogP contribution in [0.15, 0.2) is 30.3 Å². The van der Waals surface area contributed by atoms with E-state index in [-0.39, 0.29) is 25.2 Å². The standard InChI is InChI=1S/C18H25NO4/c1-13-7-6-10-16(14(13)2)19-17(20)11-23-18(21)12-22-15-8-4-3-5-9-15/h3-5,8-9,13-14,16H,6-7,10-12H2,1-2H3,(H,19,20)/t13-,14-,16+/m0/s1. The molecule has 0 bridgehead atoms. The second-order valence-electron chi connectivity index (χ2n) is 6.20. The first kappa shape index (κ1) is 17.3. The Morgan fingerprint density at radius 3 is 2.61 bits per heavy atom. The predicted molar refractivity (Wildman–Crippen MR) is 87.0 cm³/mol. The summed E-state index contributed by atoms with van der Waals surface area (Å²) < 4.78 is 10.2. The molecule has 1 saturated carbocycles. The summed E-state index contributed by atoms with van der Waals surface area (Å²) >= 11 is 0. The van der Waals surface area contributed by atoms with Crippen molar-refractivity contribution >= 4 is 11.9 Å². The van der Waals surface area contributed by atoms with E-state index >= 15 is 0 Å². The molecule has 1 aromatic rings. The van der Waals surface area contributed by atoms with E-state index in [1.165, 1.54) is 6.42 Å². The summed E-state index contributed by atoms with van der Waals surface area (Å²) in [5, 5.41) is 2.97. The zero-order valence-corrected chi connectivity index (χ0v) is 13.8. The molecule has 0 heterocycles. The van der Waals surface area contributed by atoms with Gasteiger partial charge in [-0.25, -0.2) is 4.79 Å². The van der Waals surface area contributed by atoms with E-state index in [0.29, 0.717) is 17.6 Å². The number of amides is 1. The van der Waals surface area contributed by atoms with Crippen molar-refractivity contribution in [2.75, 3.05) is 13.2 Å². The fourth-order valence-corrected chi connectivity index (χ4v) is 2.88. The highest BCUT2D eigenvalue weighted by Gasteiger charge is 2.28. The van der Waals surface area contributed by atoms with Gasteiger partial charge in [0.2, 0.25) is 0 Å². The van der Waals surface area contributed by atoms with Gasteiger partial charge in [0.05, 0.1) is 0 Å². The predicted octanol–water partition coefficient (Wildman–Crippen LogP) is 2.55. The van der Waals surface area contributed by atoms with Gasteiger partial charge in [0.1, 0.15) is 5.75 Å². The number of esters is 1. The zero-order valence-electron chi connectivity index (χ0n) is 13.8. The topological polar surface area (TPSA) is 64.6 Å². The lowest BCUT2D eigenvalue weighted by Gasteiger charge is -2.34. The van der Waals surface area contributed by atoms with Crippen molar-refractivity contribution in [1.29, 1.82) is 0 Å². The van der Waals surface area contributed by atoms with Gasteiger partial charge >= 0.3 is 5.97 Å². The summed E-state index contributed by atoms with van der Waals surface area (Å²) in [6.45, 7) is 3.92. The van der Waals surface area contributed by atoms with Crippen LogP contribution in [0.1, 0.15) is 33.1 Å². The van der Waals surface area contributed by atoms with Gasteiger partial charge in [-0.2, -0.15) is 0 Å². The first-order chi connectivity index (χ1) is 11.1. The Morgan fingerprint density at radius 1 is 1.13 bits per heavy atom. The Morgan fingerprint density at radius 2 is 1.87 bits per heavy atom. The third-order valence-electron chi connectivity index (χ3n) is 4.52. The minimum atomic E-state index is -0.547. The molecule has 0 aromatic heterocycles. The average molecular weight is 319 g/mol. The number of rotatable bonds is 6. The van der Waals surface area contributed by atoms with Gasteiger partial charge in [-0.3, -0.25) is 4.79 Å². The largest absolute Gasteiger partial charge is 0.482 e. The van der Waals surface area contributed by atoms with Crippen molar-refractivity contribution in [3.05, 3.63) is 30.3 Å². The van der Waals surface area contributed by atoms with E-state index < -0.39 is 5.97 Å². The van der Waals surface area contributed by atoms with Gasteiger partial charge < -0.3 is 14.8 Å². The van der Waals surface area contributed by atoms with Gasteiger partial charge in [-0.15, -0.1) is 0 Å². The lowest BCUT2D eigenvalue weighted by Crippen LogP contribution is -2.45. The quantitative estimate of drug-likeness (QED) is 0.819. The van der Waals surface area contributed by atoms with Crippen molar-refractivity contribution in [3.63, 3.8) is 0 Å². The van der Waals surface area contributed by atoms with Crippen LogP contribution in [0, 0.1) is 11.8 Å². The summed E-state index contributed by atoms with van der Waals surface area (Å²) in [5.74, 6) is 0.859. The van der Waals surface area contributed by atoms with Crippen LogP contribution in [0.5, 0.6) is 5.75 Å². The molecule has 2 rings (SSSR count). The molecule has 0 spiro atoms. The molecule has 1 aromatic carbocycles. The fourth-order valence-electron chi connectivity index (χ4n) is 2.88. The molecule has 1 fully saturated rings. The summed E-state index contributed by atoms with van der Waals surface area (Å²) in [4.78, 5) is 23.5. The number of ether oxygens (including phenoxy) is 2. The lowest BCUT2D eigenvalue weighted by atomic mass is 9.78. The van der Waals surface area contributed by atoms with E-state index in [4.69, 9.17) is 9.47 Å². The Balaban J connectivity index is 1.66. The molecule has 0 aliphatic heterocycles. The van der Waals surface area contributed by atoms with Crippen molar-refractivity contribution in [2.45, 2.75) is 39.2 Å². The van der Waals surface area contributed by atoms with Crippen molar-refractivity contribution in [1.82, 2.24) is 5.32 Å². The molecule has 5 nitrogen and oxygen atoms in total. The summed E-state index contributed by atoms with van der Waals surface area (Å²) in [7, 11) is 0. The molecule has 0 unspecified atom stereocenters. The first-order valence-electron chi connectivity index (χ1n) is 8.19. The van der Waals surface area contributed by atoms with Crippen LogP contribution in [0.3, 0.4) is 0 Å². The maximum Gasteiger partial charge on any atom is 0.344 e. The van der Waals surface area contributed by atoms with Crippen molar-refractivity contribution in [3.8, 4) is 5.75 Å². The minimum Gasteiger partial charge on any atom is -0.482 e. The first-order valence-corrected chi connectivity index (χ1v) is 8.19. The maximum atomic E-state index is 11.9. The monoisotopic (exact) mass is 319 g/mol. The number of hydrogen-bond donors (Lipinski definition) is 1. The van der Waals surface area contributed by atoms with E-state index in [1.807, 2.05) is 18.2 Å². The normalized spacial score (nSPS) is 23.8. The molecule has 0 radical (unpaired) electrons. The zero-order chi connectivity index (χ0) is 16.7. The fraction of sp³-hybridized carbons (Fsp3) is 0.556. The molecule has 3 atom stereocenters. The van der Waals surface area contributed by atoms with Crippen molar-refractivity contribution < 1.29 is 19.1 Å². The second kappa shape index (κ2) is 8.56. The third kappa shape index (κ3) is 5.58. The molecule has 0 saturated heterocycles. The van der Waals surface area contributed by atoms with Crippen LogP contribution in [0.4, 0.5) is 0 Å². The molecule has 1 aliphatic carbocycles. The summed E-state index contributed by atoms with van der Waals surface area (Å²) in [5.41, 5.74) is 0. The smallest absolute Gasteiger partial charge is 0.344 e. The Labute approximate surface area is 137 Å². The van der Waals surface area contributed by atoms with Crippen LogP contribution >= 0.6 is 0 Å². The van der Waals surface area contributed by atoms with E-state index in [1.54, 1.807) is 12.1 Å². The number of carbonyl (C=O) groups excluding carboxylic acids is 2. The third-order valence-corrected chi connectivity index (χ3v) is 4.52. The van der Waals surface area contributed by atoms with Gasteiger partial charge in [0.25, 0.3) is 5.91 Å². The summed E-state index contributed by atoms with van der Waals surface area (Å²) in [6, 6.07) is 9.19. The van der Waals surface area contributed by atoms with E-state index in [2.05, 4.69) is 19.2 Å². The number of para-hydroxylation sites is 1. The Bertz CT molecular complexity index is 517. The van der Waals surface area contributed by atoms with Crippen molar-refractivity contribution in [2.24, 2.45) is 11.8 Å². The molecule has 1 N–H and O–H groups in total. The molecule has 1 aliphatic rings.